The maximum absolute atomic E-state index is 12.6. The third kappa shape index (κ3) is 5.58. The van der Waals surface area contributed by atoms with Crippen molar-refractivity contribution in [2.24, 2.45) is 0 Å². The first-order chi connectivity index (χ1) is 14.1. The number of pyridine rings is 1. The highest BCUT2D eigenvalue weighted by molar-refractivity contribution is 5.98. The summed E-state index contributed by atoms with van der Waals surface area (Å²) < 4.78 is 11.3. The molecular weight excluding hydrogens is 370 g/mol. The number of unbranched alkanes of at least 4 members (excludes halogenated alkanes) is 2. The molecule has 2 N–H and O–H groups in total. The number of ether oxygens (including phenoxy) is 2. The van der Waals surface area contributed by atoms with Crippen LogP contribution in [0.4, 0.5) is 0 Å². The molecule has 1 aromatic carbocycles. The normalized spacial score (nSPS) is 14.8. The number of aromatic amines is 1. The molecule has 0 bridgehead atoms. The molecule has 0 unspecified atom stereocenters. The first-order valence-electron chi connectivity index (χ1n) is 10.5. The molecule has 158 valence electrons. The third-order valence-electron chi connectivity index (χ3n) is 5.23. The van der Waals surface area contributed by atoms with Gasteiger partial charge in [0.1, 0.15) is 11.3 Å². The van der Waals surface area contributed by atoms with E-state index in [0.29, 0.717) is 24.4 Å². The number of hydrogen-bond donors (Lipinski definition) is 2. The Bertz CT molecular complexity index is 887. The lowest BCUT2D eigenvalue weighted by atomic mass is 10.1. The van der Waals surface area contributed by atoms with Crippen LogP contribution in [0.15, 0.2) is 23.0 Å². The third-order valence-corrected chi connectivity index (χ3v) is 5.23. The maximum Gasteiger partial charge on any atom is 0.261 e. The van der Waals surface area contributed by atoms with Gasteiger partial charge in [-0.3, -0.25) is 14.5 Å². The Morgan fingerprint density at radius 3 is 2.83 bits per heavy atom. The summed E-state index contributed by atoms with van der Waals surface area (Å²) in [7, 11) is 0. The predicted octanol–water partition coefficient (Wildman–Crippen LogP) is 2.47. The molecule has 3 rings (SSSR count). The molecule has 1 aliphatic heterocycles. The van der Waals surface area contributed by atoms with E-state index < -0.39 is 5.56 Å². The van der Waals surface area contributed by atoms with Gasteiger partial charge in [-0.2, -0.15) is 0 Å². The van der Waals surface area contributed by atoms with Crippen LogP contribution in [0.3, 0.4) is 0 Å². The van der Waals surface area contributed by atoms with Gasteiger partial charge in [0.15, 0.2) is 0 Å². The minimum Gasteiger partial charge on any atom is -0.491 e. The Balaban J connectivity index is 1.70. The Morgan fingerprint density at radius 2 is 2.07 bits per heavy atom. The highest BCUT2D eigenvalue weighted by Gasteiger charge is 2.16. The second-order valence-corrected chi connectivity index (χ2v) is 7.45. The number of morpholine rings is 1. The molecule has 0 radical (unpaired) electrons. The van der Waals surface area contributed by atoms with E-state index in [4.69, 9.17) is 9.47 Å². The largest absolute Gasteiger partial charge is 0.491 e. The zero-order chi connectivity index (χ0) is 20.6. The summed E-state index contributed by atoms with van der Waals surface area (Å²) in [5.41, 5.74) is 1.34. The van der Waals surface area contributed by atoms with Gasteiger partial charge in [0, 0.05) is 31.6 Å². The molecule has 0 spiro atoms. The number of carbonyl (C=O) groups excluding carboxylic acids is 1. The van der Waals surface area contributed by atoms with Crippen molar-refractivity contribution in [1.29, 1.82) is 0 Å². The molecule has 1 aromatic heterocycles. The van der Waals surface area contributed by atoms with E-state index in [1.165, 1.54) is 0 Å². The molecule has 1 saturated heterocycles. The van der Waals surface area contributed by atoms with E-state index in [0.717, 1.165) is 63.1 Å². The number of rotatable bonds is 9. The van der Waals surface area contributed by atoms with Crippen LogP contribution in [0, 0.1) is 6.92 Å². The smallest absolute Gasteiger partial charge is 0.261 e. The van der Waals surface area contributed by atoms with Gasteiger partial charge in [-0.15, -0.1) is 0 Å². The molecule has 7 heteroatoms. The van der Waals surface area contributed by atoms with Crippen LogP contribution in [0.2, 0.25) is 0 Å². The minimum atomic E-state index is -0.398. The average Bonchev–Trinajstić information content (AvgIpc) is 2.73. The number of H-pyrrole nitrogens is 1. The van der Waals surface area contributed by atoms with E-state index >= 15 is 0 Å². The Hall–Kier alpha value is -2.38. The monoisotopic (exact) mass is 401 g/mol. The molecule has 7 nitrogen and oxygen atoms in total. The van der Waals surface area contributed by atoms with Gasteiger partial charge in [0.25, 0.3) is 11.5 Å². The van der Waals surface area contributed by atoms with Gasteiger partial charge >= 0.3 is 0 Å². The number of nitrogens with one attached hydrogen (secondary N) is 2. The van der Waals surface area contributed by atoms with Crippen molar-refractivity contribution in [3.8, 4) is 5.75 Å². The molecule has 0 saturated carbocycles. The zero-order valence-electron chi connectivity index (χ0n) is 17.4. The van der Waals surface area contributed by atoms with Gasteiger partial charge < -0.3 is 19.8 Å². The second-order valence-electron chi connectivity index (χ2n) is 7.45. The van der Waals surface area contributed by atoms with Gasteiger partial charge in [-0.25, -0.2) is 0 Å². The van der Waals surface area contributed by atoms with Crippen molar-refractivity contribution >= 4 is 16.8 Å². The first kappa shape index (κ1) is 21.3. The van der Waals surface area contributed by atoms with Crippen LogP contribution in [-0.4, -0.2) is 61.8 Å². The number of aromatic nitrogens is 1. The fourth-order valence-electron chi connectivity index (χ4n) is 3.48. The molecular formula is C22H31N3O4. The van der Waals surface area contributed by atoms with Crippen molar-refractivity contribution in [3.63, 3.8) is 0 Å². The molecule has 0 atom stereocenters. The van der Waals surface area contributed by atoms with Crippen LogP contribution in [0.5, 0.6) is 5.75 Å². The summed E-state index contributed by atoms with van der Waals surface area (Å²) >= 11 is 0. The lowest BCUT2D eigenvalue weighted by Gasteiger charge is -2.26. The number of carbonyl (C=O) groups is 1. The van der Waals surface area contributed by atoms with Crippen molar-refractivity contribution in [2.45, 2.75) is 33.1 Å². The van der Waals surface area contributed by atoms with Gasteiger partial charge in [0.05, 0.1) is 25.3 Å². The van der Waals surface area contributed by atoms with Crippen LogP contribution >= 0.6 is 0 Å². The quantitative estimate of drug-likeness (QED) is 0.631. The van der Waals surface area contributed by atoms with Crippen LogP contribution < -0.4 is 15.6 Å². The minimum absolute atomic E-state index is 0.125. The summed E-state index contributed by atoms with van der Waals surface area (Å²) in [6.07, 6.45) is 3.20. The standard InChI is InChI=1S/C22H31N3O4/c1-3-4-5-12-29-20-16(2)6-7-17-15-18(22(27)24-19(17)20)21(26)23-8-9-25-10-13-28-14-11-25/h6-7,15H,3-5,8-14H2,1-2H3,(H,23,26)(H,24,27). The number of amides is 1. The molecule has 1 aliphatic rings. The summed E-state index contributed by atoms with van der Waals surface area (Å²) in [4.78, 5) is 30.2. The van der Waals surface area contributed by atoms with Crippen LogP contribution in [0.1, 0.15) is 42.1 Å². The number of aryl methyl sites for hydroxylation is 1. The summed E-state index contributed by atoms with van der Waals surface area (Å²) in [5.74, 6) is 0.336. The Morgan fingerprint density at radius 1 is 1.28 bits per heavy atom. The first-order valence-corrected chi connectivity index (χ1v) is 10.5. The number of benzene rings is 1. The van der Waals surface area contributed by atoms with E-state index in [9.17, 15) is 9.59 Å². The van der Waals surface area contributed by atoms with E-state index in [2.05, 4.69) is 22.1 Å². The molecule has 29 heavy (non-hydrogen) atoms. The topological polar surface area (TPSA) is 83.7 Å². The van der Waals surface area contributed by atoms with Gasteiger partial charge in [-0.05, 0) is 25.0 Å². The van der Waals surface area contributed by atoms with Crippen molar-refractivity contribution in [1.82, 2.24) is 15.2 Å². The number of fused-ring (bicyclic) bond motifs is 1. The number of hydrogen-bond acceptors (Lipinski definition) is 5. The fraction of sp³-hybridized carbons (Fsp3) is 0.545. The van der Waals surface area contributed by atoms with Crippen molar-refractivity contribution in [2.75, 3.05) is 46.0 Å². The molecule has 0 aliphatic carbocycles. The highest BCUT2D eigenvalue weighted by Crippen LogP contribution is 2.27. The van der Waals surface area contributed by atoms with E-state index in [1.807, 2.05) is 19.1 Å². The van der Waals surface area contributed by atoms with Gasteiger partial charge in [-0.1, -0.05) is 31.9 Å². The fourth-order valence-corrected chi connectivity index (χ4v) is 3.48. The lowest BCUT2D eigenvalue weighted by molar-refractivity contribution is 0.0383. The summed E-state index contributed by atoms with van der Waals surface area (Å²) in [6.45, 7) is 9.14. The lowest BCUT2D eigenvalue weighted by Crippen LogP contribution is -2.42. The van der Waals surface area contributed by atoms with Crippen LogP contribution in [-0.2, 0) is 4.74 Å². The van der Waals surface area contributed by atoms with E-state index in [-0.39, 0.29) is 11.5 Å². The molecule has 2 aromatic rings. The second kappa shape index (κ2) is 10.4. The molecule has 1 fully saturated rings. The summed E-state index contributed by atoms with van der Waals surface area (Å²) in [6, 6.07) is 5.51. The highest BCUT2D eigenvalue weighted by atomic mass is 16.5. The molecule has 1 amide bonds. The predicted molar refractivity (Wildman–Crippen MR) is 114 cm³/mol. The van der Waals surface area contributed by atoms with Crippen LogP contribution in [0.25, 0.3) is 10.9 Å². The van der Waals surface area contributed by atoms with Gasteiger partial charge in [0.2, 0.25) is 0 Å². The Labute approximate surface area is 171 Å². The molecule has 2 heterocycles. The maximum atomic E-state index is 12.6. The SMILES string of the molecule is CCCCCOc1c(C)ccc2cc(C(=O)NCCN3CCOCC3)c(=O)[nH]c12. The average molecular weight is 402 g/mol. The Kier molecular flexibility index (Phi) is 7.66. The van der Waals surface area contributed by atoms with Crippen molar-refractivity contribution in [3.05, 3.63) is 39.7 Å². The van der Waals surface area contributed by atoms with E-state index in [1.54, 1.807) is 6.07 Å². The zero-order valence-corrected chi connectivity index (χ0v) is 17.4. The number of nitrogens with zero attached hydrogens (tertiary/aromatic N) is 1. The summed E-state index contributed by atoms with van der Waals surface area (Å²) in [5, 5.41) is 3.64. The van der Waals surface area contributed by atoms with Crippen molar-refractivity contribution < 1.29 is 14.3 Å².